The van der Waals surface area contributed by atoms with Crippen molar-refractivity contribution in [1.82, 2.24) is 0 Å². The molecule has 0 aromatic heterocycles. The van der Waals surface area contributed by atoms with Crippen molar-refractivity contribution < 1.29 is 38.6 Å². The van der Waals surface area contributed by atoms with Gasteiger partial charge in [-0.1, -0.05) is 12.1 Å². The predicted octanol–water partition coefficient (Wildman–Crippen LogP) is 5.36. The smallest absolute Gasteiger partial charge is 0.399 e. The number of anilines is 1. The number of nitrogens with two attached hydrogens (primary N) is 1. The highest BCUT2D eigenvalue weighted by atomic mass is 32.2. The number of nitrogens with zero attached hydrogens (tertiary/aromatic N) is 4. The first-order valence-corrected chi connectivity index (χ1v) is 15.0. The normalized spacial score (nSPS) is 12.0. The van der Waals surface area contributed by atoms with Crippen molar-refractivity contribution in [2.24, 2.45) is 20.5 Å². The number of fused-ring (bicyclic) bond motifs is 1. The third-order valence-electron chi connectivity index (χ3n) is 5.42. The van der Waals surface area contributed by atoms with Gasteiger partial charge >= 0.3 is 10.6 Å². The summed E-state index contributed by atoms with van der Waals surface area (Å²) < 4.78 is 92.1. The van der Waals surface area contributed by atoms with Gasteiger partial charge in [0.1, 0.15) is 15.5 Å². The molecule has 0 fully saturated rings. The van der Waals surface area contributed by atoms with Crippen LogP contribution in [-0.2, 0) is 30.8 Å². The molecule has 0 atom stereocenters. The quantitative estimate of drug-likeness (QED) is 0.142. The molecule has 4 rings (SSSR count). The van der Waals surface area contributed by atoms with E-state index < -0.39 is 40.6 Å². The summed E-state index contributed by atoms with van der Waals surface area (Å²) in [6.45, 7) is 3.61. The van der Waals surface area contributed by atoms with E-state index in [9.17, 15) is 25.9 Å². The molecule has 0 aliphatic carbocycles. The van der Waals surface area contributed by atoms with Crippen LogP contribution in [-0.4, -0.2) is 38.6 Å². The van der Waals surface area contributed by atoms with Crippen LogP contribution < -0.4 is 5.73 Å². The molecule has 0 aliphatic heterocycles. The van der Waals surface area contributed by atoms with Crippen LogP contribution in [0, 0.1) is 13.8 Å². The van der Waals surface area contributed by atoms with Gasteiger partial charge in [0.15, 0.2) is 0 Å². The second kappa shape index (κ2) is 12.4. The Bertz CT molecular complexity index is 2040. The van der Waals surface area contributed by atoms with Gasteiger partial charge in [-0.3, -0.25) is 9.11 Å². The van der Waals surface area contributed by atoms with Gasteiger partial charge in [-0.2, -0.15) is 32.2 Å². The Labute approximate surface area is 235 Å². The molecule has 4 aromatic rings. The fraction of sp³-hybridized carbons (Fsp3) is 0.0833. The summed E-state index contributed by atoms with van der Waals surface area (Å²) in [5, 5.41) is 16.7. The van der Waals surface area contributed by atoms with Crippen molar-refractivity contribution in [2.45, 2.75) is 23.6 Å². The van der Waals surface area contributed by atoms with Crippen LogP contribution >= 0.6 is 0 Å². The topological polar surface area (TPSA) is 235 Å². The second-order valence-electron chi connectivity index (χ2n) is 8.37. The minimum Gasteiger partial charge on any atom is -0.399 e. The van der Waals surface area contributed by atoms with Gasteiger partial charge in [-0.15, -0.1) is 17.7 Å². The molecule has 0 aliphatic rings. The van der Waals surface area contributed by atoms with E-state index in [2.05, 4.69) is 20.5 Å². The van der Waals surface area contributed by atoms with Crippen molar-refractivity contribution in [1.29, 1.82) is 0 Å². The summed E-state index contributed by atoms with van der Waals surface area (Å²) in [5.74, 6) is 0. The molecule has 0 unspecified atom stereocenters. The van der Waals surface area contributed by atoms with E-state index in [4.69, 9.17) is 18.4 Å². The van der Waals surface area contributed by atoms with Crippen LogP contribution in [0.4, 0.5) is 28.4 Å². The first kappa shape index (κ1) is 31.1. The molecule has 0 saturated carbocycles. The predicted molar refractivity (Wildman–Crippen MR) is 148 cm³/mol. The summed E-state index contributed by atoms with van der Waals surface area (Å²) in [6.07, 6.45) is 0. The number of aryl methyl sites for hydroxylation is 2. The average molecular weight is 620 g/mol. The van der Waals surface area contributed by atoms with E-state index >= 15 is 0 Å². The standard InChI is InChI=1S/C24H21N5O6S2.O3S/c1-14-10-17(25)6-8-20(14)27-26-18-7-9-21(15(2)11-18)28-29-22-13-19-16(12-24(22)37(33,34)35)4-3-5-23(19)36(30,31)32;1-4(2)3/h3-13H,25H2,1-2H3,(H,30,31,32)(H,33,34,35);. The highest BCUT2D eigenvalue weighted by molar-refractivity contribution is 7.86. The Morgan fingerprint density at radius 2 is 1.20 bits per heavy atom. The molecule has 0 saturated heterocycles. The Balaban J connectivity index is 0.00000108. The van der Waals surface area contributed by atoms with Gasteiger partial charge in [0, 0.05) is 11.1 Å². The molecule has 0 bridgehead atoms. The molecule has 14 nitrogen and oxygen atoms in total. The van der Waals surface area contributed by atoms with Crippen molar-refractivity contribution >= 4 is 70.1 Å². The maximum Gasteiger partial charge on any atom is 0.425 e. The lowest BCUT2D eigenvalue weighted by Crippen LogP contribution is -2.01. The molecule has 0 radical (unpaired) electrons. The van der Waals surface area contributed by atoms with Gasteiger partial charge in [-0.05, 0) is 85.0 Å². The molecule has 4 aromatic carbocycles. The highest BCUT2D eigenvalue weighted by Gasteiger charge is 2.21. The van der Waals surface area contributed by atoms with Crippen LogP contribution in [0.2, 0.25) is 0 Å². The number of rotatable bonds is 6. The molecule has 4 N–H and O–H groups in total. The van der Waals surface area contributed by atoms with Crippen LogP contribution in [0.5, 0.6) is 0 Å². The number of hydrogen-bond acceptors (Lipinski definition) is 12. The molecular formula is C24H21N5O9S3. The third-order valence-corrected chi connectivity index (χ3v) is 7.21. The highest BCUT2D eigenvalue weighted by Crippen LogP contribution is 2.35. The number of nitrogen functional groups attached to an aromatic ring is 1. The molecule has 0 heterocycles. The van der Waals surface area contributed by atoms with Crippen molar-refractivity contribution in [3.05, 3.63) is 77.9 Å². The van der Waals surface area contributed by atoms with Gasteiger partial charge in [0.25, 0.3) is 20.2 Å². The second-order valence-corrected chi connectivity index (χ2v) is 11.6. The lowest BCUT2D eigenvalue weighted by molar-refractivity contribution is 0.482. The van der Waals surface area contributed by atoms with Crippen LogP contribution in [0.15, 0.2) is 97.0 Å². The van der Waals surface area contributed by atoms with Crippen molar-refractivity contribution in [2.75, 3.05) is 5.73 Å². The maximum atomic E-state index is 12.0. The number of hydrogen-bond donors (Lipinski definition) is 3. The largest absolute Gasteiger partial charge is 0.425 e. The summed E-state index contributed by atoms with van der Waals surface area (Å²) >= 11 is 0. The molecular weight excluding hydrogens is 598 g/mol. The summed E-state index contributed by atoms with van der Waals surface area (Å²) in [7, 11) is -12.5. The SMILES string of the molecule is Cc1cc(N)ccc1N=Nc1ccc(N=Nc2cc3c(S(=O)(=O)O)cccc3cc2S(=O)(=O)O)c(C)c1.O=S(=O)=O. The van der Waals surface area contributed by atoms with Gasteiger partial charge < -0.3 is 5.73 Å². The Morgan fingerprint density at radius 1 is 0.659 bits per heavy atom. The van der Waals surface area contributed by atoms with Gasteiger partial charge in [0.05, 0.1) is 17.1 Å². The fourth-order valence-electron chi connectivity index (χ4n) is 3.60. The Hall–Kier alpha value is -4.42. The van der Waals surface area contributed by atoms with Crippen LogP contribution in [0.25, 0.3) is 10.8 Å². The van der Waals surface area contributed by atoms with E-state index in [1.165, 1.54) is 12.1 Å². The van der Waals surface area contributed by atoms with E-state index in [1.807, 2.05) is 6.92 Å². The van der Waals surface area contributed by atoms with E-state index in [0.717, 1.165) is 23.8 Å². The summed E-state index contributed by atoms with van der Waals surface area (Å²) in [5.41, 5.74) is 9.14. The minimum atomic E-state index is -4.74. The molecule has 41 heavy (non-hydrogen) atoms. The Morgan fingerprint density at radius 3 is 1.76 bits per heavy atom. The lowest BCUT2D eigenvalue weighted by atomic mass is 10.1. The van der Waals surface area contributed by atoms with Crippen LogP contribution in [0.1, 0.15) is 11.1 Å². The lowest BCUT2D eigenvalue weighted by Gasteiger charge is -2.08. The van der Waals surface area contributed by atoms with Gasteiger partial charge in [-0.25, -0.2) is 0 Å². The third kappa shape index (κ3) is 8.29. The van der Waals surface area contributed by atoms with Crippen molar-refractivity contribution in [3.63, 3.8) is 0 Å². The minimum absolute atomic E-state index is 0.0109. The first-order chi connectivity index (χ1) is 19.1. The molecule has 0 amide bonds. The first-order valence-electron chi connectivity index (χ1n) is 11.1. The van der Waals surface area contributed by atoms with Gasteiger partial charge in [0.2, 0.25) is 0 Å². The van der Waals surface area contributed by atoms with Crippen LogP contribution in [0.3, 0.4) is 0 Å². The zero-order chi connectivity index (χ0) is 30.5. The van der Waals surface area contributed by atoms with Crippen molar-refractivity contribution in [3.8, 4) is 0 Å². The van der Waals surface area contributed by atoms with E-state index in [-0.39, 0.29) is 16.5 Å². The van der Waals surface area contributed by atoms with E-state index in [0.29, 0.717) is 28.3 Å². The zero-order valence-electron chi connectivity index (χ0n) is 21.2. The Kier molecular flexibility index (Phi) is 9.41. The molecule has 0 spiro atoms. The summed E-state index contributed by atoms with van der Waals surface area (Å²) in [4.78, 5) is -1.01. The average Bonchev–Trinajstić information content (AvgIpc) is 2.85. The fourth-order valence-corrected chi connectivity index (χ4v) is 4.94. The molecule has 214 valence electrons. The summed E-state index contributed by atoms with van der Waals surface area (Å²) in [6, 6.07) is 16.3. The molecule has 17 heteroatoms. The number of benzene rings is 4. The zero-order valence-corrected chi connectivity index (χ0v) is 23.6. The number of azo groups is 2. The monoisotopic (exact) mass is 619 g/mol. The van der Waals surface area contributed by atoms with E-state index in [1.54, 1.807) is 43.3 Å². The maximum absolute atomic E-state index is 12.0.